The van der Waals surface area contributed by atoms with Crippen molar-refractivity contribution in [1.29, 1.82) is 0 Å². The van der Waals surface area contributed by atoms with Crippen molar-refractivity contribution >= 4 is 40.7 Å². The molecule has 0 bridgehead atoms. The first-order valence-electron chi connectivity index (χ1n) is 10.4. The average molecular weight is 438 g/mol. The van der Waals surface area contributed by atoms with Gasteiger partial charge in [0.25, 0.3) is 17.7 Å². The van der Waals surface area contributed by atoms with Crippen LogP contribution < -0.4 is 10.2 Å². The van der Waals surface area contributed by atoms with Gasteiger partial charge in [-0.15, -0.1) is 0 Å². The summed E-state index contributed by atoms with van der Waals surface area (Å²) in [6.45, 7) is 5.39. The monoisotopic (exact) mass is 437 g/mol. The van der Waals surface area contributed by atoms with Crippen molar-refractivity contribution in [3.8, 4) is 0 Å². The van der Waals surface area contributed by atoms with Crippen LogP contribution in [0.4, 0.5) is 11.4 Å². The fourth-order valence-corrected chi connectivity index (χ4v) is 4.08. The van der Waals surface area contributed by atoms with Crippen LogP contribution >= 0.6 is 11.6 Å². The minimum absolute atomic E-state index is 0.00691. The number of anilines is 2. The SMILES string of the molecule is Cc1ccc(N2C(=O)C(Cl)=C(Nc3cccc(C(=O)N4CCCCC4)c3)C2=O)cc1C. The molecule has 0 aliphatic carbocycles. The molecule has 0 saturated carbocycles. The molecule has 2 aromatic rings. The van der Waals surface area contributed by atoms with Crippen LogP contribution in [-0.4, -0.2) is 35.7 Å². The van der Waals surface area contributed by atoms with Gasteiger partial charge in [-0.1, -0.05) is 23.7 Å². The molecule has 0 radical (unpaired) electrons. The van der Waals surface area contributed by atoms with Gasteiger partial charge in [-0.3, -0.25) is 14.4 Å². The molecule has 2 heterocycles. The van der Waals surface area contributed by atoms with Crippen molar-refractivity contribution in [1.82, 2.24) is 4.90 Å². The van der Waals surface area contributed by atoms with Crippen LogP contribution in [0.15, 0.2) is 53.2 Å². The molecule has 1 saturated heterocycles. The van der Waals surface area contributed by atoms with Gasteiger partial charge in [0, 0.05) is 24.3 Å². The van der Waals surface area contributed by atoms with E-state index in [0.29, 0.717) is 16.9 Å². The van der Waals surface area contributed by atoms with Gasteiger partial charge in [0.15, 0.2) is 0 Å². The third-order valence-electron chi connectivity index (χ3n) is 5.80. The molecule has 0 aromatic heterocycles. The van der Waals surface area contributed by atoms with E-state index in [2.05, 4.69) is 5.32 Å². The Labute approximate surface area is 186 Å². The molecular weight excluding hydrogens is 414 g/mol. The number of hydrogen-bond donors (Lipinski definition) is 1. The first-order valence-corrected chi connectivity index (χ1v) is 10.8. The lowest BCUT2D eigenvalue weighted by Crippen LogP contribution is -2.35. The van der Waals surface area contributed by atoms with Gasteiger partial charge in [-0.25, -0.2) is 4.90 Å². The molecule has 2 aliphatic rings. The molecule has 0 atom stereocenters. The topological polar surface area (TPSA) is 69.7 Å². The first-order chi connectivity index (χ1) is 14.9. The quantitative estimate of drug-likeness (QED) is 0.721. The van der Waals surface area contributed by atoms with Crippen LogP contribution in [0.1, 0.15) is 40.7 Å². The maximum Gasteiger partial charge on any atom is 0.283 e. The number of carbonyl (C=O) groups excluding carboxylic acids is 3. The highest BCUT2D eigenvalue weighted by Gasteiger charge is 2.39. The Morgan fingerprint density at radius 1 is 0.935 bits per heavy atom. The Hall–Kier alpha value is -3.12. The largest absolute Gasteiger partial charge is 0.350 e. The minimum atomic E-state index is -0.571. The minimum Gasteiger partial charge on any atom is -0.350 e. The van der Waals surface area contributed by atoms with Crippen LogP contribution in [0.2, 0.25) is 0 Å². The predicted octanol–water partition coefficient (Wildman–Crippen LogP) is 4.37. The Kier molecular flexibility index (Phi) is 5.83. The van der Waals surface area contributed by atoms with Gasteiger partial charge in [-0.2, -0.15) is 0 Å². The highest BCUT2D eigenvalue weighted by atomic mass is 35.5. The number of hydrogen-bond acceptors (Lipinski definition) is 4. The molecule has 4 rings (SSSR count). The van der Waals surface area contributed by atoms with Crippen LogP contribution in [0.25, 0.3) is 0 Å². The van der Waals surface area contributed by atoms with Crippen LogP contribution in [0, 0.1) is 13.8 Å². The number of nitrogens with zero attached hydrogens (tertiary/aromatic N) is 2. The van der Waals surface area contributed by atoms with Crippen molar-refractivity contribution in [2.45, 2.75) is 33.1 Å². The van der Waals surface area contributed by atoms with Gasteiger partial charge in [0.2, 0.25) is 0 Å². The number of aryl methyl sites for hydroxylation is 2. The second-order valence-electron chi connectivity index (χ2n) is 7.96. The lowest BCUT2D eigenvalue weighted by molar-refractivity contribution is -0.120. The Bertz CT molecular complexity index is 1100. The summed E-state index contributed by atoms with van der Waals surface area (Å²) in [5.74, 6) is -1.13. The van der Waals surface area contributed by atoms with Gasteiger partial charge >= 0.3 is 0 Å². The summed E-state index contributed by atoms with van der Waals surface area (Å²) in [5, 5.41) is 2.79. The second-order valence-corrected chi connectivity index (χ2v) is 8.34. The first kappa shape index (κ1) is 21.1. The highest BCUT2D eigenvalue weighted by Crippen LogP contribution is 2.31. The van der Waals surface area contributed by atoms with Gasteiger partial charge < -0.3 is 10.2 Å². The second kappa shape index (κ2) is 8.55. The van der Waals surface area contributed by atoms with Gasteiger partial charge in [-0.05, 0) is 74.6 Å². The molecule has 160 valence electrons. The summed E-state index contributed by atoms with van der Waals surface area (Å²) in [6.07, 6.45) is 3.17. The van der Waals surface area contributed by atoms with E-state index in [1.165, 1.54) is 0 Å². The van der Waals surface area contributed by atoms with E-state index < -0.39 is 11.8 Å². The van der Waals surface area contributed by atoms with E-state index in [1.807, 2.05) is 24.8 Å². The number of likely N-dealkylation sites (tertiary alicyclic amines) is 1. The maximum atomic E-state index is 13.0. The summed E-state index contributed by atoms with van der Waals surface area (Å²) >= 11 is 6.24. The Balaban J connectivity index is 1.56. The van der Waals surface area contributed by atoms with Gasteiger partial charge in [0.05, 0.1) is 5.69 Å². The zero-order chi connectivity index (χ0) is 22.1. The summed E-state index contributed by atoms with van der Waals surface area (Å²) in [5.41, 5.74) is 3.58. The lowest BCUT2D eigenvalue weighted by atomic mass is 10.1. The predicted molar refractivity (Wildman–Crippen MR) is 121 cm³/mol. The number of carbonyl (C=O) groups is 3. The van der Waals surface area contributed by atoms with E-state index in [0.717, 1.165) is 48.4 Å². The maximum absolute atomic E-state index is 13.0. The molecule has 2 aromatic carbocycles. The molecule has 0 spiro atoms. The summed E-state index contributed by atoms with van der Waals surface area (Å²) in [4.78, 5) is 41.4. The summed E-state index contributed by atoms with van der Waals surface area (Å²) < 4.78 is 0. The normalized spacial score (nSPS) is 16.9. The summed E-state index contributed by atoms with van der Waals surface area (Å²) in [7, 11) is 0. The molecule has 1 N–H and O–H groups in total. The standard InChI is InChI=1S/C24H24ClN3O3/c1-15-9-10-19(13-16(15)2)28-23(30)20(25)21(24(28)31)26-18-8-6-7-17(14-18)22(29)27-11-4-3-5-12-27/h6-10,13-14,26H,3-5,11-12H2,1-2H3. The Morgan fingerprint density at radius 2 is 1.68 bits per heavy atom. The number of benzene rings is 2. The molecule has 31 heavy (non-hydrogen) atoms. The van der Waals surface area contributed by atoms with E-state index in [4.69, 9.17) is 11.6 Å². The third-order valence-corrected chi connectivity index (χ3v) is 6.15. The van der Waals surface area contributed by atoms with Crippen molar-refractivity contribution in [2.75, 3.05) is 23.3 Å². The molecule has 3 amide bonds. The molecule has 0 unspecified atom stereocenters. The van der Waals surface area contributed by atoms with Crippen LogP contribution in [-0.2, 0) is 9.59 Å². The number of nitrogens with one attached hydrogen (secondary N) is 1. The molecule has 1 fully saturated rings. The third kappa shape index (κ3) is 4.08. The highest BCUT2D eigenvalue weighted by molar-refractivity contribution is 6.53. The van der Waals surface area contributed by atoms with E-state index >= 15 is 0 Å². The van der Waals surface area contributed by atoms with Crippen LogP contribution in [0.3, 0.4) is 0 Å². The number of piperidine rings is 1. The lowest BCUT2D eigenvalue weighted by Gasteiger charge is -2.26. The Morgan fingerprint density at radius 3 is 2.39 bits per heavy atom. The summed E-state index contributed by atoms with van der Waals surface area (Å²) in [6, 6.07) is 12.3. The zero-order valence-corrected chi connectivity index (χ0v) is 18.3. The molecule has 7 heteroatoms. The average Bonchev–Trinajstić information content (AvgIpc) is 2.99. The van der Waals surface area contributed by atoms with Crippen LogP contribution in [0.5, 0.6) is 0 Å². The molecule has 6 nitrogen and oxygen atoms in total. The van der Waals surface area contributed by atoms with E-state index in [9.17, 15) is 14.4 Å². The fraction of sp³-hybridized carbons (Fsp3) is 0.292. The smallest absolute Gasteiger partial charge is 0.283 e. The van der Waals surface area contributed by atoms with Gasteiger partial charge in [0.1, 0.15) is 10.7 Å². The number of halogens is 1. The zero-order valence-electron chi connectivity index (χ0n) is 17.6. The van der Waals surface area contributed by atoms with Crippen molar-refractivity contribution in [2.24, 2.45) is 0 Å². The van der Waals surface area contributed by atoms with E-state index in [-0.39, 0.29) is 16.6 Å². The van der Waals surface area contributed by atoms with E-state index in [1.54, 1.807) is 36.4 Å². The number of amides is 3. The molecular formula is C24H24ClN3O3. The number of imide groups is 1. The van der Waals surface area contributed by atoms with Crippen molar-refractivity contribution < 1.29 is 14.4 Å². The number of rotatable bonds is 4. The van der Waals surface area contributed by atoms with Crippen molar-refractivity contribution in [3.05, 3.63) is 69.9 Å². The van der Waals surface area contributed by atoms with Crippen molar-refractivity contribution in [3.63, 3.8) is 0 Å². The fourth-order valence-electron chi connectivity index (χ4n) is 3.86. The molecule has 2 aliphatic heterocycles.